The molecule has 1 heterocycles. The van der Waals surface area contributed by atoms with Crippen LogP contribution in [0.4, 0.5) is 0 Å². The molecule has 3 heteroatoms. The van der Waals surface area contributed by atoms with Crippen molar-refractivity contribution in [2.45, 2.75) is 45.3 Å². The van der Waals surface area contributed by atoms with Crippen LogP contribution in [0.3, 0.4) is 0 Å². The molecule has 19 heavy (non-hydrogen) atoms. The summed E-state index contributed by atoms with van der Waals surface area (Å²) in [7, 11) is 1.71. The zero-order valence-corrected chi connectivity index (χ0v) is 12.6. The first-order chi connectivity index (χ1) is 9.06. The lowest BCUT2D eigenvalue weighted by molar-refractivity contribution is 0.0866. The third-order valence-corrected chi connectivity index (χ3v) is 4.32. The van der Waals surface area contributed by atoms with Crippen LogP contribution in [-0.4, -0.2) is 36.7 Å². The van der Waals surface area contributed by atoms with Crippen molar-refractivity contribution in [2.24, 2.45) is 0 Å². The molecule has 1 fully saturated rings. The molecule has 1 N–H and O–H groups in total. The SMILES string of the molecule is CCC1(C)CN(Cc2ccc(OC)cc2)C(C)CN1. The van der Waals surface area contributed by atoms with Gasteiger partial charge in [0.2, 0.25) is 0 Å². The van der Waals surface area contributed by atoms with Crippen molar-refractivity contribution in [1.29, 1.82) is 0 Å². The van der Waals surface area contributed by atoms with Gasteiger partial charge in [0.05, 0.1) is 7.11 Å². The highest BCUT2D eigenvalue weighted by molar-refractivity contribution is 5.27. The third-order valence-electron chi connectivity index (χ3n) is 4.32. The van der Waals surface area contributed by atoms with Gasteiger partial charge in [0.15, 0.2) is 0 Å². The van der Waals surface area contributed by atoms with E-state index in [-0.39, 0.29) is 5.54 Å². The second-order valence-corrected chi connectivity index (χ2v) is 5.90. The molecular formula is C16H26N2O. The van der Waals surface area contributed by atoms with Crippen LogP contribution < -0.4 is 10.1 Å². The van der Waals surface area contributed by atoms with Crippen LogP contribution in [0.15, 0.2) is 24.3 Å². The number of benzene rings is 1. The van der Waals surface area contributed by atoms with Gasteiger partial charge in [-0.05, 0) is 38.0 Å². The summed E-state index contributed by atoms with van der Waals surface area (Å²) in [6.45, 7) is 10.1. The molecule has 0 aliphatic carbocycles. The smallest absolute Gasteiger partial charge is 0.118 e. The van der Waals surface area contributed by atoms with Gasteiger partial charge in [0, 0.05) is 31.2 Å². The van der Waals surface area contributed by atoms with E-state index in [1.807, 2.05) is 12.1 Å². The summed E-state index contributed by atoms with van der Waals surface area (Å²) in [6, 6.07) is 9.00. The van der Waals surface area contributed by atoms with Gasteiger partial charge in [-0.3, -0.25) is 4.90 Å². The molecule has 106 valence electrons. The van der Waals surface area contributed by atoms with Gasteiger partial charge in [-0.1, -0.05) is 19.1 Å². The number of methoxy groups -OCH3 is 1. The fraction of sp³-hybridized carbons (Fsp3) is 0.625. The molecule has 0 amide bonds. The first kappa shape index (κ1) is 14.4. The second kappa shape index (κ2) is 5.93. The van der Waals surface area contributed by atoms with E-state index < -0.39 is 0 Å². The Labute approximate surface area is 116 Å². The highest BCUT2D eigenvalue weighted by atomic mass is 16.5. The highest BCUT2D eigenvalue weighted by Crippen LogP contribution is 2.21. The number of hydrogen-bond acceptors (Lipinski definition) is 3. The Morgan fingerprint density at radius 1 is 1.37 bits per heavy atom. The molecule has 1 aromatic carbocycles. The van der Waals surface area contributed by atoms with E-state index in [1.165, 1.54) is 12.0 Å². The van der Waals surface area contributed by atoms with Crippen molar-refractivity contribution in [3.63, 3.8) is 0 Å². The largest absolute Gasteiger partial charge is 0.497 e. The molecule has 0 aromatic heterocycles. The lowest BCUT2D eigenvalue weighted by Crippen LogP contribution is -2.61. The molecule has 0 radical (unpaired) electrons. The van der Waals surface area contributed by atoms with Gasteiger partial charge in [-0.2, -0.15) is 0 Å². The monoisotopic (exact) mass is 262 g/mol. The minimum Gasteiger partial charge on any atom is -0.497 e. The van der Waals surface area contributed by atoms with Gasteiger partial charge < -0.3 is 10.1 Å². The first-order valence-corrected chi connectivity index (χ1v) is 7.18. The average Bonchev–Trinajstić information content (AvgIpc) is 2.44. The quantitative estimate of drug-likeness (QED) is 0.903. The van der Waals surface area contributed by atoms with Crippen LogP contribution in [-0.2, 0) is 6.54 Å². The Morgan fingerprint density at radius 2 is 2.05 bits per heavy atom. The third kappa shape index (κ3) is 3.48. The number of hydrogen-bond donors (Lipinski definition) is 1. The minimum atomic E-state index is 0.249. The van der Waals surface area contributed by atoms with Gasteiger partial charge in [0.1, 0.15) is 5.75 Å². The summed E-state index contributed by atoms with van der Waals surface area (Å²) in [5.74, 6) is 0.926. The van der Waals surface area contributed by atoms with Crippen LogP contribution in [0.1, 0.15) is 32.8 Å². The summed E-state index contributed by atoms with van der Waals surface area (Å²) >= 11 is 0. The fourth-order valence-electron chi connectivity index (χ4n) is 2.60. The van der Waals surface area contributed by atoms with E-state index in [4.69, 9.17) is 4.74 Å². The van der Waals surface area contributed by atoms with Crippen molar-refractivity contribution in [1.82, 2.24) is 10.2 Å². The standard InChI is InChI=1S/C16H26N2O/c1-5-16(3)12-18(13(2)10-17-16)11-14-6-8-15(19-4)9-7-14/h6-9,13,17H,5,10-12H2,1-4H3. The Morgan fingerprint density at radius 3 is 2.63 bits per heavy atom. The Bertz CT molecular complexity index is 404. The van der Waals surface area contributed by atoms with E-state index in [0.29, 0.717) is 6.04 Å². The maximum Gasteiger partial charge on any atom is 0.118 e. The maximum atomic E-state index is 5.21. The number of nitrogens with zero attached hydrogens (tertiary/aromatic N) is 1. The summed E-state index contributed by atoms with van der Waals surface area (Å²) < 4.78 is 5.21. The normalized spacial score (nSPS) is 28.3. The topological polar surface area (TPSA) is 24.5 Å². The molecule has 1 saturated heterocycles. The Hall–Kier alpha value is -1.06. The zero-order chi connectivity index (χ0) is 13.9. The van der Waals surface area contributed by atoms with Gasteiger partial charge >= 0.3 is 0 Å². The van der Waals surface area contributed by atoms with E-state index >= 15 is 0 Å². The predicted molar refractivity (Wildman–Crippen MR) is 79.6 cm³/mol. The van der Waals surface area contributed by atoms with Crippen LogP contribution in [0.5, 0.6) is 5.75 Å². The van der Waals surface area contributed by atoms with E-state index in [9.17, 15) is 0 Å². The van der Waals surface area contributed by atoms with Gasteiger partial charge in [-0.25, -0.2) is 0 Å². The first-order valence-electron chi connectivity index (χ1n) is 7.18. The summed E-state index contributed by atoms with van der Waals surface area (Å²) in [5.41, 5.74) is 1.60. The van der Waals surface area contributed by atoms with Crippen molar-refractivity contribution in [3.05, 3.63) is 29.8 Å². The molecule has 0 bridgehead atoms. The summed E-state index contributed by atoms with van der Waals surface area (Å²) in [4.78, 5) is 2.57. The minimum absolute atomic E-state index is 0.249. The molecule has 2 atom stereocenters. The number of ether oxygens (including phenoxy) is 1. The second-order valence-electron chi connectivity index (χ2n) is 5.90. The van der Waals surface area contributed by atoms with E-state index in [0.717, 1.165) is 25.4 Å². The van der Waals surface area contributed by atoms with Crippen LogP contribution in [0.2, 0.25) is 0 Å². The molecule has 1 aromatic rings. The molecule has 0 spiro atoms. The maximum absolute atomic E-state index is 5.21. The summed E-state index contributed by atoms with van der Waals surface area (Å²) in [6.07, 6.45) is 1.17. The van der Waals surface area contributed by atoms with Crippen molar-refractivity contribution in [3.8, 4) is 5.75 Å². The average molecular weight is 262 g/mol. The van der Waals surface area contributed by atoms with E-state index in [2.05, 4.69) is 43.1 Å². The van der Waals surface area contributed by atoms with Gasteiger partial charge in [0.25, 0.3) is 0 Å². The van der Waals surface area contributed by atoms with Crippen LogP contribution in [0.25, 0.3) is 0 Å². The molecule has 3 nitrogen and oxygen atoms in total. The number of rotatable bonds is 4. The van der Waals surface area contributed by atoms with Crippen molar-refractivity contribution in [2.75, 3.05) is 20.2 Å². The molecule has 2 unspecified atom stereocenters. The Balaban J connectivity index is 2.03. The van der Waals surface area contributed by atoms with Gasteiger partial charge in [-0.15, -0.1) is 0 Å². The van der Waals surface area contributed by atoms with Crippen LogP contribution >= 0.6 is 0 Å². The lowest BCUT2D eigenvalue weighted by Gasteiger charge is -2.45. The van der Waals surface area contributed by atoms with E-state index in [1.54, 1.807) is 7.11 Å². The molecule has 1 aliphatic heterocycles. The fourth-order valence-corrected chi connectivity index (χ4v) is 2.60. The Kier molecular flexibility index (Phi) is 4.48. The lowest BCUT2D eigenvalue weighted by atomic mass is 9.93. The summed E-state index contributed by atoms with van der Waals surface area (Å²) in [5, 5.41) is 3.67. The zero-order valence-electron chi connectivity index (χ0n) is 12.6. The van der Waals surface area contributed by atoms with Crippen molar-refractivity contribution < 1.29 is 4.74 Å². The number of piperazine rings is 1. The molecular weight excluding hydrogens is 236 g/mol. The van der Waals surface area contributed by atoms with Crippen LogP contribution in [0, 0.1) is 0 Å². The van der Waals surface area contributed by atoms with Crippen molar-refractivity contribution >= 4 is 0 Å². The number of nitrogens with one attached hydrogen (secondary N) is 1. The molecule has 2 rings (SSSR count). The molecule has 1 aliphatic rings. The highest BCUT2D eigenvalue weighted by Gasteiger charge is 2.32. The predicted octanol–water partition coefficient (Wildman–Crippen LogP) is 2.66. The molecule has 0 saturated carbocycles.